The van der Waals surface area contributed by atoms with Gasteiger partial charge in [-0.25, -0.2) is 12.8 Å². The predicted octanol–water partition coefficient (Wildman–Crippen LogP) is 3.90. The van der Waals surface area contributed by atoms with Crippen LogP contribution in [0.3, 0.4) is 0 Å². The van der Waals surface area contributed by atoms with Gasteiger partial charge in [-0.15, -0.1) is 0 Å². The Morgan fingerprint density at radius 1 is 0.906 bits per heavy atom. The number of carbonyl (C=O) groups is 1. The number of rotatable bonds is 5. The summed E-state index contributed by atoms with van der Waals surface area (Å²) >= 11 is 0. The molecule has 0 unspecified atom stereocenters. The molecule has 1 amide bonds. The molecular weight excluding hydrogens is 429 g/mol. The fourth-order valence-electron chi connectivity index (χ4n) is 3.72. The van der Waals surface area contributed by atoms with Crippen molar-refractivity contribution in [1.82, 2.24) is 4.90 Å². The number of nitrogens with zero attached hydrogens (tertiary/aromatic N) is 2. The third kappa shape index (κ3) is 4.75. The Morgan fingerprint density at radius 2 is 1.56 bits per heavy atom. The highest BCUT2D eigenvalue weighted by Crippen LogP contribution is 2.23. The number of amides is 1. The summed E-state index contributed by atoms with van der Waals surface area (Å²) in [5.74, 6) is -0.364. The molecule has 0 atom stereocenters. The number of anilines is 2. The van der Waals surface area contributed by atoms with Gasteiger partial charge < -0.3 is 9.80 Å². The number of hydrogen-bond donors (Lipinski definition) is 1. The van der Waals surface area contributed by atoms with Crippen molar-refractivity contribution >= 4 is 27.3 Å². The quantitative estimate of drug-likeness (QED) is 0.636. The highest BCUT2D eigenvalue weighted by molar-refractivity contribution is 7.92. The summed E-state index contributed by atoms with van der Waals surface area (Å²) in [7, 11) is -3.70. The molecular formula is C24H24FN3O3S. The zero-order chi connectivity index (χ0) is 22.7. The van der Waals surface area contributed by atoms with E-state index in [1.165, 1.54) is 24.3 Å². The summed E-state index contributed by atoms with van der Waals surface area (Å²) in [5.41, 5.74) is 2.55. The molecule has 0 spiro atoms. The lowest BCUT2D eigenvalue weighted by Crippen LogP contribution is -2.48. The third-order valence-corrected chi connectivity index (χ3v) is 6.91. The molecule has 3 aromatic rings. The molecule has 3 aromatic carbocycles. The van der Waals surface area contributed by atoms with E-state index in [4.69, 9.17) is 0 Å². The van der Waals surface area contributed by atoms with Crippen LogP contribution in [0.5, 0.6) is 0 Å². The first-order valence-electron chi connectivity index (χ1n) is 10.3. The monoisotopic (exact) mass is 453 g/mol. The van der Waals surface area contributed by atoms with Crippen LogP contribution in [0.15, 0.2) is 77.7 Å². The Kier molecular flexibility index (Phi) is 6.14. The largest absolute Gasteiger partial charge is 0.368 e. The SMILES string of the molecule is Cc1cc(C(=O)N2CCN(c3ccc(F)cc3)CC2)ccc1NS(=O)(=O)c1ccccc1. The number of piperazine rings is 1. The molecule has 1 N–H and O–H groups in total. The van der Waals surface area contributed by atoms with Crippen molar-refractivity contribution in [3.8, 4) is 0 Å². The second-order valence-corrected chi connectivity index (χ2v) is 9.39. The topological polar surface area (TPSA) is 69.7 Å². The van der Waals surface area contributed by atoms with Crippen molar-refractivity contribution in [2.75, 3.05) is 35.8 Å². The van der Waals surface area contributed by atoms with Crippen molar-refractivity contribution in [3.05, 3.63) is 89.7 Å². The Morgan fingerprint density at radius 3 is 2.19 bits per heavy atom. The van der Waals surface area contributed by atoms with Crippen LogP contribution in [-0.4, -0.2) is 45.4 Å². The summed E-state index contributed by atoms with van der Waals surface area (Å²) in [6.07, 6.45) is 0. The first-order valence-corrected chi connectivity index (χ1v) is 11.8. The van der Waals surface area contributed by atoms with Gasteiger partial charge in [0, 0.05) is 37.4 Å². The van der Waals surface area contributed by atoms with Crippen molar-refractivity contribution in [2.24, 2.45) is 0 Å². The first-order chi connectivity index (χ1) is 15.3. The molecule has 32 heavy (non-hydrogen) atoms. The summed E-state index contributed by atoms with van der Waals surface area (Å²) in [6, 6.07) is 19.5. The smallest absolute Gasteiger partial charge is 0.261 e. The Hall–Kier alpha value is -3.39. The lowest BCUT2D eigenvalue weighted by molar-refractivity contribution is 0.0746. The van der Waals surface area contributed by atoms with Gasteiger partial charge in [-0.3, -0.25) is 9.52 Å². The van der Waals surface area contributed by atoms with Gasteiger partial charge in [-0.1, -0.05) is 18.2 Å². The molecule has 0 saturated carbocycles. The lowest BCUT2D eigenvalue weighted by atomic mass is 10.1. The summed E-state index contributed by atoms with van der Waals surface area (Å²) in [4.78, 5) is 17.1. The number of sulfonamides is 1. The van der Waals surface area contributed by atoms with E-state index in [0.717, 1.165) is 5.69 Å². The number of benzene rings is 3. The summed E-state index contributed by atoms with van der Waals surface area (Å²) in [6.45, 7) is 4.19. The van der Waals surface area contributed by atoms with Crippen molar-refractivity contribution in [3.63, 3.8) is 0 Å². The molecule has 0 aromatic heterocycles. The van der Waals surface area contributed by atoms with Gasteiger partial charge in [-0.05, 0) is 67.1 Å². The van der Waals surface area contributed by atoms with Crippen LogP contribution in [0, 0.1) is 12.7 Å². The van der Waals surface area contributed by atoms with Gasteiger partial charge in [-0.2, -0.15) is 0 Å². The normalized spacial score (nSPS) is 14.3. The van der Waals surface area contributed by atoms with Crippen LogP contribution in [0.25, 0.3) is 0 Å². The molecule has 1 aliphatic heterocycles. The molecule has 0 bridgehead atoms. The van der Waals surface area contributed by atoms with Crippen LogP contribution in [-0.2, 0) is 10.0 Å². The molecule has 1 fully saturated rings. The Balaban J connectivity index is 1.42. The van der Waals surface area contributed by atoms with Gasteiger partial charge in [0.2, 0.25) is 0 Å². The minimum Gasteiger partial charge on any atom is -0.368 e. The van der Waals surface area contributed by atoms with E-state index in [9.17, 15) is 17.6 Å². The summed E-state index contributed by atoms with van der Waals surface area (Å²) in [5, 5.41) is 0. The van der Waals surface area contributed by atoms with Crippen molar-refractivity contribution < 1.29 is 17.6 Å². The molecule has 166 valence electrons. The first kappa shape index (κ1) is 21.8. The zero-order valence-electron chi connectivity index (χ0n) is 17.7. The van der Waals surface area contributed by atoms with Gasteiger partial charge in [0.05, 0.1) is 10.6 Å². The van der Waals surface area contributed by atoms with Crippen molar-refractivity contribution in [2.45, 2.75) is 11.8 Å². The summed E-state index contributed by atoms with van der Waals surface area (Å²) < 4.78 is 40.9. The molecule has 4 rings (SSSR count). The number of nitrogens with one attached hydrogen (secondary N) is 1. The fraction of sp³-hybridized carbons (Fsp3) is 0.208. The Labute approximate surface area is 187 Å². The molecule has 1 heterocycles. The van der Waals surface area contributed by atoms with Crippen molar-refractivity contribution in [1.29, 1.82) is 0 Å². The molecule has 1 saturated heterocycles. The number of hydrogen-bond acceptors (Lipinski definition) is 4. The number of aryl methyl sites for hydroxylation is 1. The van der Waals surface area contributed by atoms with E-state index in [0.29, 0.717) is 43.0 Å². The number of halogens is 1. The fourth-order valence-corrected chi connectivity index (χ4v) is 4.87. The van der Waals surface area contributed by atoms with Gasteiger partial charge in [0.1, 0.15) is 5.82 Å². The van der Waals surface area contributed by atoms with E-state index in [1.807, 2.05) is 0 Å². The second kappa shape index (κ2) is 9.00. The van der Waals surface area contributed by atoms with Crippen LogP contribution in [0.2, 0.25) is 0 Å². The van der Waals surface area contributed by atoms with Crippen LogP contribution in [0.4, 0.5) is 15.8 Å². The molecule has 8 heteroatoms. The maximum atomic E-state index is 13.1. The number of carbonyl (C=O) groups excluding carboxylic acids is 1. The molecule has 0 aliphatic carbocycles. The highest BCUT2D eigenvalue weighted by atomic mass is 32.2. The minimum atomic E-state index is -3.70. The maximum absolute atomic E-state index is 13.1. The van der Waals surface area contributed by atoms with Crippen LogP contribution in [0.1, 0.15) is 15.9 Å². The lowest BCUT2D eigenvalue weighted by Gasteiger charge is -2.36. The Bertz CT molecular complexity index is 1210. The average molecular weight is 454 g/mol. The average Bonchev–Trinajstić information content (AvgIpc) is 2.81. The van der Waals surface area contributed by atoms with Crippen LogP contribution < -0.4 is 9.62 Å². The molecule has 0 radical (unpaired) electrons. The third-order valence-electron chi connectivity index (χ3n) is 5.53. The molecule has 6 nitrogen and oxygen atoms in total. The van der Waals surface area contributed by atoms with Crippen LogP contribution >= 0.6 is 0 Å². The van der Waals surface area contributed by atoms with E-state index in [-0.39, 0.29) is 16.6 Å². The van der Waals surface area contributed by atoms with Gasteiger partial charge in [0.25, 0.3) is 15.9 Å². The molecule has 1 aliphatic rings. The van der Waals surface area contributed by atoms with Gasteiger partial charge in [0.15, 0.2) is 0 Å². The second-order valence-electron chi connectivity index (χ2n) is 7.70. The zero-order valence-corrected chi connectivity index (χ0v) is 18.5. The minimum absolute atomic E-state index is 0.0932. The van der Waals surface area contributed by atoms with Gasteiger partial charge >= 0.3 is 0 Å². The van der Waals surface area contributed by atoms with E-state index >= 15 is 0 Å². The van der Waals surface area contributed by atoms with E-state index in [2.05, 4.69) is 9.62 Å². The van der Waals surface area contributed by atoms with E-state index < -0.39 is 10.0 Å². The van der Waals surface area contributed by atoms with E-state index in [1.54, 1.807) is 60.4 Å². The highest BCUT2D eigenvalue weighted by Gasteiger charge is 2.23. The predicted molar refractivity (Wildman–Crippen MR) is 123 cm³/mol. The standard InChI is InChI=1S/C24H24FN3O3S/c1-18-17-19(7-12-23(18)26-32(30,31)22-5-3-2-4-6-22)24(29)28-15-13-27(14-16-28)21-10-8-20(25)9-11-21/h2-12,17,26H,13-16H2,1H3. The maximum Gasteiger partial charge on any atom is 0.261 e.